The number of amides is 1. The topological polar surface area (TPSA) is 87.9 Å². The van der Waals surface area contributed by atoms with Gasteiger partial charge in [-0.2, -0.15) is 18.3 Å². The zero-order valence-electron chi connectivity index (χ0n) is 17.8. The molecule has 10 heteroatoms. The van der Waals surface area contributed by atoms with E-state index < -0.39 is 11.7 Å². The molecule has 0 unspecified atom stereocenters. The maximum absolute atomic E-state index is 13.7. The molecule has 1 saturated heterocycles. The first kappa shape index (κ1) is 21.3. The Balaban J connectivity index is 1.62. The molecule has 4 rings (SSSR count). The number of nitrogens with one attached hydrogen (secondary N) is 1. The van der Waals surface area contributed by atoms with Crippen molar-refractivity contribution in [2.45, 2.75) is 58.0 Å². The van der Waals surface area contributed by atoms with E-state index in [2.05, 4.69) is 20.3 Å². The highest BCUT2D eigenvalue weighted by atomic mass is 19.4. The van der Waals surface area contributed by atoms with Gasteiger partial charge in [-0.1, -0.05) is 25.9 Å². The first-order valence-corrected chi connectivity index (χ1v) is 10.1. The van der Waals surface area contributed by atoms with E-state index in [1.165, 1.54) is 6.92 Å². The van der Waals surface area contributed by atoms with E-state index in [1.807, 2.05) is 20.8 Å². The Kier molecular flexibility index (Phi) is 5.06. The minimum atomic E-state index is -4.56. The van der Waals surface area contributed by atoms with Crippen LogP contribution in [0.5, 0.6) is 0 Å². The Bertz CT molecular complexity index is 1130. The number of aryl methyl sites for hydroxylation is 1. The van der Waals surface area contributed by atoms with E-state index >= 15 is 0 Å². The molecule has 4 heterocycles. The number of likely N-dealkylation sites (tertiary alicyclic amines) is 1. The molecule has 0 radical (unpaired) electrons. The quantitative estimate of drug-likeness (QED) is 0.636. The summed E-state index contributed by atoms with van der Waals surface area (Å²) in [4.78, 5) is 18.9. The van der Waals surface area contributed by atoms with E-state index in [0.717, 1.165) is 11.8 Å². The fourth-order valence-electron chi connectivity index (χ4n) is 3.93. The van der Waals surface area contributed by atoms with Crippen LogP contribution in [0, 0.1) is 6.92 Å². The lowest BCUT2D eigenvalue weighted by Gasteiger charge is -2.32. The highest BCUT2D eigenvalue weighted by Gasteiger charge is 2.37. The maximum atomic E-state index is 13.7. The molecule has 1 atom stereocenters. The molecule has 166 valence electrons. The average Bonchev–Trinajstić information content (AvgIpc) is 3.34. The van der Waals surface area contributed by atoms with Crippen LogP contribution >= 0.6 is 0 Å². The monoisotopic (exact) mass is 435 g/mol. The van der Waals surface area contributed by atoms with Crippen LogP contribution in [0.25, 0.3) is 11.1 Å². The van der Waals surface area contributed by atoms with Gasteiger partial charge in [0, 0.05) is 30.1 Å². The van der Waals surface area contributed by atoms with Crippen molar-refractivity contribution in [1.29, 1.82) is 0 Å². The Morgan fingerprint density at radius 3 is 2.65 bits per heavy atom. The zero-order valence-corrected chi connectivity index (χ0v) is 17.8. The van der Waals surface area contributed by atoms with E-state index in [-0.39, 0.29) is 46.3 Å². The second kappa shape index (κ2) is 7.35. The molecule has 7 nitrogen and oxygen atoms in total. The third-order valence-electron chi connectivity index (χ3n) is 5.67. The van der Waals surface area contributed by atoms with Gasteiger partial charge in [0.15, 0.2) is 0 Å². The standard InChI is InChI=1S/C21H24F3N5O2/c1-11-17-13(21(22,23)24)8-14(25-18(17)31-28-11)12-6-5-7-29(10-12)19(30)15-9-16(27-26-15)20(2,3)4/h8-9,12H,5-7,10H2,1-4H3,(H,26,27)/t12-/m1/s1. The van der Waals surface area contributed by atoms with Crippen LogP contribution in [0.3, 0.4) is 0 Å². The lowest BCUT2D eigenvalue weighted by atomic mass is 9.91. The summed E-state index contributed by atoms with van der Waals surface area (Å²) >= 11 is 0. The van der Waals surface area contributed by atoms with Gasteiger partial charge in [-0.3, -0.25) is 9.89 Å². The van der Waals surface area contributed by atoms with Crippen LogP contribution in [0.1, 0.15) is 72.7 Å². The fourth-order valence-corrected chi connectivity index (χ4v) is 3.93. The maximum Gasteiger partial charge on any atom is 0.417 e. The largest absolute Gasteiger partial charge is 0.417 e. The van der Waals surface area contributed by atoms with E-state index in [9.17, 15) is 18.0 Å². The van der Waals surface area contributed by atoms with Gasteiger partial charge in [0.05, 0.1) is 22.3 Å². The van der Waals surface area contributed by atoms with Crippen molar-refractivity contribution in [2.24, 2.45) is 0 Å². The molecule has 1 fully saturated rings. The molecule has 0 aromatic carbocycles. The SMILES string of the molecule is Cc1noc2nc([C@@H]3CCCN(C(=O)c4cc(C(C)(C)C)[nH]n4)C3)cc(C(F)(F)F)c12. The van der Waals surface area contributed by atoms with Gasteiger partial charge in [0.1, 0.15) is 5.69 Å². The van der Waals surface area contributed by atoms with Gasteiger partial charge >= 0.3 is 6.18 Å². The van der Waals surface area contributed by atoms with Gasteiger partial charge in [-0.25, -0.2) is 4.98 Å². The smallest absolute Gasteiger partial charge is 0.337 e. The predicted molar refractivity (Wildman–Crippen MR) is 107 cm³/mol. The molecular weight excluding hydrogens is 411 g/mol. The van der Waals surface area contributed by atoms with Gasteiger partial charge in [0.25, 0.3) is 11.6 Å². The highest BCUT2D eigenvalue weighted by Crippen LogP contribution is 2.38. The minimum absolute atomic E-state index is 0.119. The molecular formula is C21H24F3N5O2. The summed E-state index contributed by atoms with van der Waals surface area (Å²) < 4.78 is 46.1. The lowest BCUT2D eigenvalue weighted by Crippen LogP contribution is -2.39. The molecule has 3 aromatic heterocycles. The number of carbonyl (C=O) groups excluding carboxylic acids is 1. The van der Waals surface area contributed by atoms with Gasteiger partial charge in [-0.05, 0) is 31.9 Å². The lowest BCUT2D eigenvalue weighted by molar-refractivity contribution is -0.136. The first-order chi connectivity index (χ1) is 14.4. The summed E-state index contributed by atoms with van der Waals surface area (Å²) in [5, 5.41) is 10.6. The van der Waals surface area contributed by atoms with Crippen LogP contribution in [0.4, 0.5) is 13.2 Å². The number of nitrogens with zero attached hydrogens (tertiary/aromatic N) is 4. The number of hydrogen-bond acceptors (Lipinski definition) is 5. The second-order valence-electron chi connectivity index (χ2n) is 9.05. The number of carbonyl (C=O) groups is 1. The molecule has 3 aromatic rings. The number of H-pyrrole nitrogens is 1. The molecule has 1 N–H and O–H groups in total. The van der Waals surface area contributed by atoms with Crippen LogP contribution in [0.2, 0.25) is 0 Å². The number of aromatic nitrogens is 4. The summed E-state index contributed by atoms with van der Waals surface area (Å²) in [6.07, 6.45) is -3.28. The third-order valence-corrected chi connectivity index (χ3v) is 5.67. The molecule has 31 heavy (non-hydrogen) atoms. The van der Waals surface area contributed by atoms with Crippen molar-refractivity contribution in [3.63, 3.8) is 0 Å². The summed E-state index contributed by atoms with van der Waals surface area (Å²) in [6, 6.07) is 2.80. The molecule has 1 amide bonds. The Hall–Kier alpha value is -2.91. The second-order valence-corrected chi connectivity index (χ2v) is 9.05. The van der Waals surface area contributed by atoms with Crippen molar-refractivity contribution in [3.05, 3.63) is 40.5 Å². The third kappa shape index (κ3) is 4.03. The Labute approximate surface area is 177 Å². The molecule has 0 spiro atoms. The van der Waals surface area contributed by atoms with Crippen LogP contribution in [-0.4, -0.2) is 44.2 Å². The van der Waals surface area contributed by atoms with Crippen molar-refractivity contribution in [3.8, 4) is 0 Å². The number of alkyl halides is 3. The summed E-state index contributed by atoms with van der Waals surface area (Å²) in [6.45, 7) is 8.27. The predicted octanol–water partition coefficient (Wildman–Crippen LogP) is 4.59. The van der Waals surface area contributed by atoms with Crippen molar-refractivity contribution in [1.82, 2.24) is 25.2 Å². The number of aromatic amines is 1. The molecule has 1 aliphatic heterocycles. The van der Waals surface area contributed by atoms with Gasteiger partial charge in [0.2, 0.25) is 0 Å². The van der Waals surface area contributed by atoms with Crippen LogP contribution < -0.4 is 0 Å². The average molecular weight is 435 g/mol. The van der Waals surface area contributed by atoms with Gasteiger partial charge in [-0.15, -0.1) is 0 Å². The van der Waals surface area contributed by atoms with Crippen molar-refractivity contribution >= 4 is 17.0 Å². The normalized spacial score (nSPS) is 18.0. The van der Waals surface area contributed by atoms with Gasteiger partial charge < -0.3 is 9.42 Å². The molecule has 0 aliphatic carbocycles. The summed E-state index contributed by atoms with van der Waals surface area (Å²) in [7, 11) is 0. The first-order valence-electron chi connectivity index (χ1n) is 10.1. The van der Waals surface area contributed by atoms with Crippen molar-refractivity contribution < 1.29 is 22.5 Å². The van der Waals surface area contributed by atoms with E-state index in [0.29, 0.717) is 25.1 Å². The van der Waals surface area contributed by atoms with E-state index in [4.69, 9.17) is 4.52 Å². The Morgan fingerprint density at radius 2 is 2.00 bits per heavy atom. The molecule has 0 saturated carbocycles. The van der Waals surface area contributed by atoms with Crippen molar-refractivity contribution in [2.75, 3.05) is 13.1 Å². The number of fused-ring (bicyclic) bond motifs is 1. The van der Waals surface area contributed by atoms with Crippen LogP contribution in [-0.2, 0) is 11.6 Å². The minimum Gasteiger partial charge on any atom is -0.337 e. The summed E-state index contributed by atoms with van der Waals surface area (Å²) in [5.74, 6) is -0.585. The highest BCUT2D eigenvalue weighted by molar-refractivity contribution is 5.92. The number of pyridine rings is 1. The molecule has 0 bridgehead atoms. The van der Waals surface area contributed by atoms with Crippen LogP contribution in [0.15, 0.2) is 16.7 Å². The fraction of sp³-hybridized carbons (Fsp3) is 0.524. The molecule has 1 aliphatic rings. The number of hydrogen-bond donors (Lipinski definition) is 1. The van der Waals surface area contributed by atoms with E-state index in [1.54, 1.807) is 11.0 Å². The summed E-state index contributed by atoms with van der Waals surface area (Å²) in [5.41, 5.74) is 0.423. The number of piperidine rings is 1. The Morgan fingerprint density at radius 1 is 1.26 bits per heavy atom. The zero-order chi connectivity index (χ0) is 22.6. The number of halogens is 3. The number of rotatable bonds is 2.